The van der Waals surface area contributed by atoms with Crippen molar-refractivity contribution in [3.63, 3.8) is 0 Å². The average Bonchev–Trinajstić information content (AvgIpc) is 2.79. The molecule has 8 nitrogen and oxygen atoms in total. The normalized spacial score (nSPS) is 17.0. The molecule has 1 aliphatic heterocycles. The van der Waals surface area contributed by atoms with Crippen LogP contribution in [0.25, 0.3) is 0 Å². The Morgan fingerprint density at radius 1 is 1.10 bits per heavy atom. The SMILES string of the molecule is COc1ccc(S(=O)(=O)N2CCCC(C(=O)Oc3ccc(C#N)cc3OC)C2)cc1. The van der Waals surface area contributed by atoms with Crippen molar-refractivity contribution in [2.75, 3.05) is 27.3 Å². The molecule has 1 aliphatic rings. The van der Waals surface area contributed by atoms with Crippen LogP contribution in [0, 0.1) is 17.2 Å². The standard InChI is InChI=1S/C21H22N2O6S/c1-27-17-6-8-18(9-7-17)30(25,26)23-11-3-4-16(14-23)21(24)29-19-10-5-15(13-22)12-20(19)28-2/h5-10,12,16H,3-4,11,14H2,1-2H3. The second kappa shape index (κ2) is 9.15. The van der Waals surface area contributed by atoms with Gasteiger partial charge in [-0.1, -0.05) is 0 Å². The van der Waals surface area contributed by atoms with E-state index in [1.807, 2.05) is 6.07 Å². The third-order valence-corrected chi connectivity index (χ3v) is 6.80. The number of piperidine rings is 1. The van der Waals surface area contributed by atoms with Gasteiger partial charge in [-0.05, 0) is 49.2 Å². The van der Waals surface area contributed by atoms with Gasteiger partial charge >= 0.3 is 5.97 Å². The van der Waals surface area contributed by atoms with Crippen LogP contribution >= 0.6 is 0 Å². The number of hydrogen-bond donors (Lipinski definition) is 0. The van der Waals surface area contributed by atoms with Crippen molar-refractivity contribution in [3.05, 3.63) is 48.0 Å². The number of methoxy groups -OCH3 is 2. The lowest BCUT2D eigenvalue weighted by Gasteiger charge is -2.30. The maximum absolute atomic E-state index is 13.0. The summed E-state index contributed by atoms with van der Waals surface area (Å²) in [5.41, 5.74) is 0.376. The molecule has 0 aliphatic carbocycles. The molecule has 0 saturated carbocycles. The summed E-state index contributed by atoms with van der Waals surface area (Å²) in [6.07, 6.45) is 1.06. The van der Waals surface area contributed by atoms with Crippen molar-refractivity contribution in [2.45, 2.75) is 17.7 Å². The highest BCUT2D eigenvalue weighted by atomic mass is 32.2. The summed E-state index contributed by atoms with van der Waals surface area (Å²) in [5, 5.41) is 8.98. The Labute approximate surface area is 175 Å². The van der Waals surface area contributed by atoms with Gasteiger partial charge in [0.2, 0.25) is 10.0 Å². The number of rotatable bonds is 6. The van der Waals surface area contributed by atoms with Crippen LogP contribution in [-0.4, -0.2) is 46.0 Å². The fourth-order valence-electron chi connectivity index (χ4n) is 3.26. The molecule has 30 heavy (non-hydrogen) atoms. The number of esters is 1. The van der Waals surface area contributed by atoms with Gasteiger partial charge in [0.05, 0.1) is 36.7 Å². The Kier molecular flexibility index (Phi) is 6.59. The van der Waals surface area contributed by atoms with Crippen LogP contribution in [0.5, 0.6) is 17.2 Å². The molecule has 1 unspecified atom stereocenters. The summed E-state index contributed by atoms with van der Waals surface area (Å²) in [7, 11) is -0.817. The van der Waals surface area contributed by atoms with Crippen LogP contribution in [0.1, 0.15) is 18.4 Å². The van der Waals surface area contributed by atoms with Crippen molar-refractivity contribution in [1.29, 1.82) is 5.26 Å². The molecule has 0 spiro atoms. The maximum Gasteiger partial charge on any atom is 0.315 e. The Morgan fingerprint density at radius 3 is 2.47 bits per heavy atom. The number of sulfonamides is 1. The summed E-state index contributed by atoms with van der Waals surface area (Å²) in [6, 6.07) is 12.6. The first-order chi connectivity index (χ1) is 14.4. The quantitative estimate of drug-likeness (QED) is 0.512. The first-order valence-electron chi connectivity index (χ1n) is 9.33. The molecular formula is C21H22N2O6S. The first kappa shape index (κ1) is 21.6. The van der Waals surface area contributed by atoms with E-state index in [4.69, 9.17) is 19.5 Å². The molecule has 0 aromatic heterocycles. The first-order valence-corrected chi connectivity index (χ1v) is 10.8. The van der Waals surface area contributed by atoms with E-state index in [0.717, 1.165) is 0 Å². The minimum absolute atomic E-state index is 0.0335. The summed E-state index contributed by atoms with van der Waals surface area (Å²) < 4.78 is 43.0. The van der Waals surface area contributed by atoms with Crippen LogP contribution in [0.15, 0.2) is 47.4 Å². The highest BCUT2D eigenvalue weighted by Gasteiger charge is 2.34. The van der Waals surface area contributed by atoms with Crippen molar-refractivity contribution < 1.29 is 27.4 Å². The predicted octanol–water partition coefficient (Wildman–Crippen LogP) is 2.58. The lowest BCUT2D eigenvalue weighted by atomic mass is 10.00. The largest absolute Gasteiger partial charge is 0.497 e. The molecule has 158 valence electrons. The Balaban J connectivity index is 1.74. The number of carbonyl (C=O) groups is 1. The molecule has 0 amide bonds. The molecule has 1 atom stereocenters. The number of nitriles is 1. The van der Waals surface area contributed by atoms with Crippen LogP contribution < -0.4 is 14.2 Å². The molecule has 0 radical (unpaired) electrons. The number of ether oxygens (including phenoxy) is 3. The Morgan fingerprint density at radius 2 is 1.83 bits per heavy atom. The van der Waals surface area contributed by atoms with Gasteiger partial charge in [-0.15, -0.1) is 0 Å². The third kappa shape index (κ3) is 4.56. The van der Waals surface area contributed by atoms with E-state index in [1.165, 1.54) is 48.9 Å². The number of nitrogens with zero attached hydrogens (tertiary/aromatic N) is 2. The lowest BCUT2D eigenvalue weighted by molar-refractivity contribution is -0.140. The third-order valence-electron chi connectivity index (χ3n) is 4.92. The molecular weight excluding hydrogens is 408 g/mol. The van der Waals surface area contributed by atoms with E-state index in [2.05, 4.69) is 0 Å². The van der Waals surface area contributed by atoms with Gasteiger partial charge in [-0.3, -0.25) is 4.79 Å². The Hall–Kier alpha value is -3.09. The Bertz CT molecular complexity index is 1060. The van der Waals surface area contributed by atoms with E-state index >= 15 is 0 Å². The smallest absolute Gasteiger partial charge is 0.315 e. The van der Waals surface area contributed by atoms with Crippen molar-refractivity contribution in [1.82, 2.24) is 4.31 Å². The van der Waals surface area contributed by atoms with Gasteiger partial charge in [0.1, 0.15) is 5.75 Å². The minimum atomic E-state index is -3.74. The maximum atomic E-state index is 13.0. The van der Waals surface area contributed by atoms with Gasteiger partial charge in [-0.25, -0.2) is 8.42 Å². The molecule has 9 heteroatoms. The van der Waals surface area contributed by atoms with E-state index in [-0.39, 0.29) is 22.9 Å². The highest BCUT2D eigenvalue weighted by Crippen LogP contribution is 2.30. The number of hydrogen-bond acceptors (Lipinski definition) is 7. The fraction of sp³-hybridized carbons (Fsp3) is 0.333. The van der Waals surface area contributed by atoms with E-state index in [1.54, 1.807) is 12.1 Å². The fourth-order valence-corrected chi connectivity index (χ4v) is 4.79. The summed E-state index contributed by atoms with van der Waals surface area (Å²) in [6.45, 7) is 0.365. The number of carbonyl (C=O) groups excluding carboxylic acids is 1. The molecule has 1 fully saturated rings. The van der Waals surface area contributed by atoms with Gasteiger partial charge in [0.25, 0.3) is 0 Å². The zero-order valence-corrected chi connectivity index (χ0v) is 17.5. The molecule has 3 rings (SSSR count). The topological polar surface area (TPSA) is 106 Å². The van der Waals surface area contributed by atoms with Gasteiger partial charge < -0.3 is 14.2 Å². The van der Waals surface area contributed by atoms with Crippen LogP contribution in [0.3, 0.4) is 0 Å². The molecule has 0 N–H and O–H groups in total. The zero-order chi connectivity index (χ0) is 21.7. The highest BCUT2D eigenvalue weighted by molar-refractivity contribution is 7.89. The van der Waals surface area contributed by atoms with E-state index in [9.17, 15) is 13.2 Å². The monoisotopic (exact) mass is 430 g/mol. The van der Waals surface area contributed by atoms with E-state index < -0.39 is 21.9 Å². The predicted molar refractivity (Wildman–Crippen MR) is 108 cm³/mol. The zero-order valence-electron chi connectivity index (χ0n) is 16.7. The summed E-state index contributed by atoms with van der Waals surface area (Å²) >= 11 is 0. The van der Waals surface area contributed by atoms with Crippen LogP contribution in [0.4, 0.5) is 0 Å². The molecule has 2 aromatic carbocycles. The summed E-state index contributed by atoms with van der Waals surface area (Å²) in [4.78, 5) is 12.8. The second-order valence-electron chi connectivity index (χ2n) is 6.78. The number of benzene rings is 2. The van der Waals surface area contributed by atoms with Gasteiger partial charge in [-0.2, -0.15) is 9.57 Å². The van der Waals surface area contributed by atoms with Crippen LogP contribution in [-0.2, 0) is 14.8 Å². The summed E-state index contributed by atoms with van der Waals surface area (Å²) in [5.74, 6) is -0.122. The van der Waals surface area contributed by atoms with Gasteiger partial charge in [0.15, 0.2) is 11.5 Å². The molecule has 1 saturated heterocycles. The minimum Gasteiger partial charge on any atom is -0.497 e. The van der Waals surface area contributed by atoms with Crippen molar-refractivity contribution in [2.24, 2.45) is 5.92 Å². The average molecular weight is 430 g/mol. The second-order valence-corrected chi connectivity index (χ2v) is 8.71. The molecule has 1 heterocycles. The van der Waals surface area contributed by atoms with Crippen molar-refractivity contribution in [3.8, 4) is 23.3 Å². The van der Waals surface area contributed by atoms with Crippen LogP contribution in [0.2, 0.25) is 0 Å². The lowest BCUT2D eigenvalue weighted by Crippen LogP contribution is -2.43. The molecule has 0 bridgehead atoms. The van der Waals surface area contributed by atoms with E-state index in [0.29, 0.717) is 30.7 Å². The van der Waals surface area contributed by atoms with Gasteiger partial charge in [0, 0.05) is 19.2 Å². The molecule has 2 aromatic rings. The van der Waals surface area contributed by atoms with Crippen molar-refractivity contribution >= 4 is 16.0 Å².